The van der Waals surface area contributed by atoms with Crippen molar-refractivity contribution in [3.8, 4) is 5.75 Å². The Bertz CT molecular complexity index is 266. The van der Waals surface area contributed by atoms with Gasteiger partial charge in [0.15, 0.2) is 0 Å². The van der Waals surface area contributed by atoms with E-state index in [1.807, 2.05) is 19.1 Å². The average Bonchev–Trinajstić information content (AvgIpc) is 2.07. The van der Waals surface area contributed by atoms with E-state index in [1.54, 1.807) is 6.07 Å². The van der Waals surface area contributed by atoms with Crippen molar-refractivity contribution in [2.75, 3.05) is 18.5 Å². The molecule has 1 aromatic carbocycles. The maximum atomic E-state index is 9.30. The summed E-state index contributed by atoms with van der Waals surface area (Å²) in [4.78, 5) is 0. The lowest BCUT2D eigenvalue weighted by molar-refractivity contribution is 0.311. The van der Waals surface area contributed by atoms with Gasteiger partial charge in [-0.05, 0) is 18.6 Å². The Balaban J connectivity index is 0.00000144. The van der Waals surface area contributed by atoms with Crippen molar-refractivity contribution < 1.29 is 10.2 Å². The average molecular weight is 204 g/mol. The number of anilines is 1. The molecule has 0 aromatic heterocycles. The fourth-order valence-corrected chi connectivity index (χ4v) is 0.920. The van der Waals surface area contributed by atoms with Gasteiger partial charge in [-0.1, -0.05) is 6.07 Å². The van der Waals surface area contributed by atoms with E-state index in [-0.39, 0.29) is 24.8 Å². The molecular formula is C9H14ClNO2. The van der Waals surface area contributed by atoms with Gasteiger partial charge in [0, 0.05) is 18.3 Å². The largest absolute Gasteiger partial charge is 0.508 e. The van der Waals surface area contributed by atoms with Crippen LogP contribution in [-0.2, 0) is 0 Å². The lowest BCUT2D eigenvalue weighted by Gasteiger charge is -2.05. The molecule has 0 unspecified atom stereocenters. The van der Waals surface area contributed by atoms with Gasteiger partial charge in [0.2, 0.25) is 0 Å². The summed E-state index contributed by atoms with van der Waals surface area (Å²) in [6.45, 7) is 2.43. The van der Waals surface area contributed by atoms with Crippen LogP contribution in [0.1, 0.15) is 5.56 Å². The first-order chi connectivity index (χ1) is 5.74. The Labute approximate surface area is 83.8 Å². The van der Waals surface area contributed by atoms with E-state index < -0.39 is 0 Å². The molecule has 0 fully saturated rings. The minimum Gasteiger partial charge on any atom is -0.508 e. The third-order valence-corrected chi connectivity index (χ3v) is 1.65. The molecule has 74 valence electrons. The van der Waals surface area contributed by atoms with Crippen molar-refractivity contribution in [3.63, 3.8) is 0 Å². The van der Waals surface area contributed by atoms with Gasteiger partial charge in [-0.2, -0.15) is 0 Å². The molecule has 3 nitrogen and oxygen atoms in total. The number of phenols is 1. The number of aliphatic hydroxyl groups is 1. The van der Waals surface area contributed by atoms with Crippen LogP contribution in [0.3, 0.4) is 0 Å². The van der Waals surface area contributed by atoms with Crippen LogP contribution >= 0.6 is 12.4 Å². The number of rotatable bonds is 3. The van der Waals surface area contributed by atoms with E-state index in [0.717, 1.165) is 11.3 Å². The normalized spacial score (nSPS) is 9.08. The van der Waals surface area contributed by atoms with Crippen LogP contribution in [0.15, 0.2) is 18.2 Å². The first kappa shape index (κ1) is 12.1. The Morgan fingerprint density at radius 2 is 2.08 bits per heavy atom. The Kier molecular flexibility index (Phi) is 5.26. The van der Waals surface area contributed by atoms with Gasteiger partial charge in [0.05, 0.1) is 6.61 Å². The van der Waals surface area contributed by atoms with Gasteiger partial charge in [-0.25, -0.2) is 0 Å². The third-order valence-electron chi connectivity index (χ3n) is 1.65. The molecule has 1 rings (SSSR count). The molecule has 1 aromatic rings. The van der Waals surface area contributed by atoms with Crippen molar-refractivity contribution in [1.82, 2.24) is 0 Å². The SMILES string of the molecule is Cc1ccc(NCCO)cc1O.Cl. The molecule has 0 aliphatic heterocycles. The maximum absolute atomic E-state index is 9.30. The van der Waals surface area contributed by atoms with Gasteiger partial charge in [-0.15, -0.1) is 12.4 Å². The molecule has 0 bridgehead atoms. The second kappa shape index (κ2) is 5.67. The lowest BCUT2D eigenvalue weighted by Crippen LogP contribution is -2.04. The molecule has 0 aliphatic rings. The highest BCUT2D eigenvalue weighted by Gasteiger charge is 1.96. The van der Waals surface area contributed by atoms with E-state index in [1.165, 1.54) is 0 Å². The zero-order valence-electron chi connectivity index (χ0n) is 7.45. The van der Waals surface area contributed by atoms with Crippen LogP contribution in [0, 0.1) is 6.92 Å². The first-order valence-electron chi connectivity index (χ1n) is 3.88. The van der Waals surface area contributed by atoms with E-state index in [4.69, 9.17) is 5.11 Å². The number of aliphatic hydroxyl groups excluding tert-OH is 1. The predicted molar refractivity (Wildman–Crippen MR) is 55.7 cm³/mol. The van der Waals surface area contributed by atoms with Gasteiger partial charge in [0.1, 0.15) is 5.75 Å². The molecule has 0 saturated carbocycles. The van der Waals surface area contributed by atoms with Crippen LogP contribution in [0.5, 0.6) is 5.75 Å². The molecular weight excluding hydrogens is 190 g/mol. The van der Waals surface area contributed by atoms with E-state index in [2.05, 4.69) is 5.32 Å². The highest BCUT2D eigenvalue weighted by molar-refractivity contribution is 5.85. The van der Waals surface area contributed by atoms with Gasteiger partial charge >= 0.3 is 0 Å². The summed E-state index contributed by atoms with van der Waals surface area (Å²) in [7, 11) is 0. The number of hydrogen-bond acceptors (Lipinski definition) is 3. The van der Waals surface area contributed by atoms with Crippen LogP contribution < -0.4 is 5.32 Å². The quantitative estimate of drug-likeness (QED) is 0.699. The summed E-state index contributed by atoms with van der Waals surface area (Å²) in [6, 6.07) is 5.34. The smallest absolute Gasteiger partial charge is 0.120 e. The van der Waals surface area contributed by atoms with E-state index in [9.17, 15) is 5.11 Å². The molecule has 13 heavy (non-hydrogen) atoms. The zero-order chi connectivity index (χ0) is 8.97. The van der Waals surface area contributed by atoms with Gasteiger partial charge < -0.3 is 15.5 Å². The Morgan fingerprint density at radius 3 is 2.62 bits per heavy atom. The molecule has 0 heterocycles. The Morgan fingerprint density at radius 1 is 1.38 bits per heavy atom. The molecule has 4 heteroatoms. The first-order valence-corrected chi connectivity index (χ1v) is 3.88. The molecule has 0 atom stereocenters. The standard InChI is InChI=1S/C9H13NO2.ClH/c1-7-2-3-8(6-9(7)12)10-4-5-11;/h2-3,6,10-12H,4-5H2,1H3;1H. The minimum absolute atomic E-state index is 0. The number of halogens is 1. The molecule has 0 amide bonds. The molecule has 0 aliphatic carbocycles. The van der Waals surface area contributed by atoms with Crippen molar-refractivity contribution in [2.24, 2.45) is 0 Å². The number of phenolic OH excluding ortho intramolecular Hbond substituents is 1. The number of aryl methyl sites for hydroxylation is 1. The summed E-state index contributed by atoms with van der Waals surface area (Å²) in [5.41, 5.74) is 1.68. The fraction of sp³-hybridized carbons (Fsp3) is 0.333. The second-order valence-electron chi connectivity index (χ2n) is 2.65. The van der Waals surface area contributed by atoms with Gasteiger partial charge in [0.25, 0.3) is 0 Å². The summed E-state index contributed by atoms with van der Waals surface area (Å²) in [5, 5.41) is 20.8. The van der Waals surface area contributed by atoms with Crippen molar-refractivity contribution >= 4 is 18.1 Å². The van der Waals surface area contributed by atoms with Crippen LogP contribution in [0.2, 0.25) is 0 Å². The minimum atomic E-state index is 0. The number of hydrogen-bond donors (Lipinski definition) is 3. The van der Waals surface area contributed by atoms with E-state index in [0.29, 0.717) is 6.54 Å². The maximum Gasteiger partial charge on any atom is 0.120 e. The van der Waals surface area contributed by atoms with Crippen LogP contribution in [0.4, 0.5) is 5.69 Å². The number of aromatic hydroxyl groups is 1. The summed E-state index contributed by atoms with van der Waals surface area (Å²) >= 11 is 0. The molecule has 3 N–H and O–H groups in total. The monoisotopic (exact) mass is 203 g/mol. The van der Waals surface area contributed by atoms with Crippen molar-refractivity contribution in [1.29, 1.82) is 0 Å². The summed E-state index contributed by atoms with van der Waals surface area (Å²) in [6.07, 6.45) is 0. The highest BCUT2D eigenvalue weighted by atomic mass is 35.5. The fourth-order valence-electron chi connectivity index (χ4n) is 0.920. The topological polar surface area (TPSA) is 52.5 Å². The summed E-state index contributed by atoms with van der Waals surface area (Å²) in [5.74, 6) is 0.276. The number of nitrogens with one attached hydrogen (secondary N) is 1. The zero-order valence-corrected chi connectivity index (χ0v) is 8.27. The Hall–Kier alpha value is -0.930. The van der Waals surface area contributed by atoms with Gasteiger partial charge in [-0.3, -0.25) is 0 Å². The van der Waals surface area contributed by atoms with Crippen molar-refractivity contribution in [3.05, 3.63) is 23.8 Å². The second-order valence-corrected chi connectivity index (χ2v) is 2.65. The lowest BCUT2D eigenvalue weighted by atomic mass is 10.2. The van der Waals surface area contributed by atoms with E-state index >= 15 is 0 Å². The van der Waals surface area contributed by atoms with Crippen LogP contribution in [-0.4, -0.2) is 23.4 Å². The summed E-state index contributed by atoms with van der Waals surface area (Å²) < 4.78 is 0. The predicted octanol–water partition coefficient (Wildman–Crippen LogP) is 1.53. The number of benzene rings is 1. The molecule has 0 saturated heterocycles. The van der Waals surface area contributed by atoms with Crippen LogP contribution in [0.25, 0.3) is 0 Å². The molecule has 0 spiro atoms. The molecule has 0 radical (unpaired) electrons. The highest BCUT2D eigenvalue weighted by Crippen LogP contribution is 2.20. The van der Waals surface area contributed by atoms with Crippen molar-refractivity contribution in [2.45, 2.75) is 6.92 Å². The third kappa shape index (κ3) is 3.53.